The number of hydrogen-bond acceptors (Lipinski definition) is 5. The Balaban J connectivity index is 0.00000168. The van der Waals surface area contributed by atoms with Gasteiger partial charge in [0.15, 0.2) is 0 Å². The Bertz CT molecular complexity index is 847. The van der Waals surface area contributed by atoms with Crippen LogP contribution in [0, 0.1) is 0 Å². The number of unbranched alkanes of at least 4 members (excludes halogenated alkanes) is 3. The number of benzene rings is 1. The fourth-order valence-electron chi connectivity index (χ4n) is 3.84. The highest BCUT2D eigenvalue weighted by Gasteiger charge is 2.45. The largest absolute Gasteiger partial charge is 0.300 e. The van der Waals surface area contributed by atoms with Crippen LogP contribution in [0.5, 0.6) is 0 Å². The minimum absolute atomic E-state index is 0.108. The lowest BCUT2D eigenvalue weighted by Crippen LogP contribution is -2.54. The molecule has 1 unspecified atom stereocenters. The van der Waals surface area contributed by atoms with E-state index in [1.807, 2.05) is 47.6 Å². The van der Waals surface area contributed by atoms with Gasteiger partial charge in [0.2, 0.25) is 11.8 Å². The Morgan fingerprint density at radius 2 is 1.53 bits per heavy atom. The highest BCUT2D eigenvalue weighted by molar-refractivity contribution is 6.24. The zero-order valence-electron chi connectivity index (χ0n) is 22.0. The lowest BCUT2D eigenvalue weighted by Gasteiger charge is -2.27. The van der Waals surface area contributed by atoms with Crippen molar-refractivity contribution in [2.24, 2.45) is 0 Å². The van der Waals surface area contributed by atoms with Gasteiger partial charge in [-0.15, -0.1) is 0 Å². The third-order valence-electron chi connectivity index (χ3n) is 5.28. The second kappa shape index (κ2) is 16.7. The van der Waals surface area contributed by atoms with Gasteiger partial charge in [-0.25, -0.2) is 0 Å². The molecule has 2 aliphatic heterocycles. The van der Waals surface area contributed by atoms with Crippen molar-refractivity contribution >= 4 is 29.4 Å². The molecule has 3 rings (SSSR count). The zero-order chi connectivity index (χ0) is 26.3. The highest BCUT2D eigenvalue weighted by Crippen LogP contribution is 2.30. The third-order valence-corrected chi connectivity index (χ3v) is 5.28. The molecule has 0 aromatic heterocycles. The topological polar surface area (TPSA) is 101 Å². The number of amides is 4. The minimum Gasteiger partial charge on any atom is -0.300 e. The Morgan fingerprint density at radius 3 is 2.12 bits per heavy atom. The summed E-state index contributed by atoms with van der Waals surface area (Å²) in [6.45, 7) is 13.6. The van der Waals surface area contributed by atoms with E-state index in [0.29, 0.717) is 24.0 Å². The van der Waals surface area contributed by atoms with Gasteiger partial charge >= 0.3 is 0 Å². The first kappa shape index (κ1) is 31.2. The molecule has 0 bridgehead atoms. The zero-order valence-corrected chi connectivity index (χ0v) is 22.0. The van der Waals surface area contributed by atoms with Crippen LogP contribution < -0.4 is 5.32 Å². The van der Waals surface area contributed by atoms with Crippen LogP contribution in [0.4, 0.5) is 0 Å². The fourth-order valence-corrected chi connectivity index (χ4v) is 3.84. The van der Waals surface area contributed by atoms with E-state index in [2.05, 4.69) is 5.32 Å². The van der Waals surface area contributed by atoms with E-state index < -0.39 is 23.8 Å². The van der Waals surface area contributed by atoms with Gasteiger partial charge in [0.05, 0.1) is 11.1 Å². The molecule has 1 N–H and O–H groups in total. The fraction of sp³-hybridized carbons (Fsp3) is 0.593. The molecule has 1 aromatic carbocycles. The van der Waals surface area contributed by atoms with Crippen molar-refractivity contribution in [1.82, 2.24) is 10.2 Å². The van der Waals surface area contributed by atoms with E-state index >= 15 is 0 Å². The SMILES string of the molecule is CC.CC.CC.CC(=O)CCCCCCc1cccc2c1C(=O)N(C1CCC(=O)NC1=O)C2=O. The molecule has 1 aromatic rings. The minimum atomic E-state index is -0.940. The number of ketones is 1. The first-order valence-electron chi connectivity index (χ1n) is 12.7. The van der Waals surface area contributed by atoms with Crippen molar-refractivity contribution in [3.63, 3.8) is 0 Å². The first-order valence-corrected chi connectivity index (χ1v) is 12.7. The van der Waals surface area contributed by atoms with Crippen LogP contribution in [0.2, 0.25) is 0 Å². The smallest absolute Gasteiger partial charge is 0.262 e. The second-order valence-corrected chi connectivity index (χ2v) is 7.40. The van der Waals surface area contributed by atoms with Crippen LogP contribution in [-0.2, 0) is 20.8 Å². The summed E-state index contributed by atoms with van der Waals surface area (Å²) in [5, 5.41) is 2.20. The molecule has 0 aliphatic carbocycles. The Kier molecular flexibility index (Phi) is 15.3. The van der Waals surface area contributed by atoms with Crippen molar-refractivity contribution in [2.75, 3.05) is 0 Å². The number of rotatable bonds is 8. The monoisotopic (exact) mass is 474 g/mol. The summed E-state index contributed by atoms with van der Waals surface area (Å²) in [5.74, 6) is -1.72. The van der Waals surface area contributed by atoms with Crippen LogP contribution in [0.25, 0.3) is 0 Å². The number of piperidine rings is 1. The molecule has 4 amide bonds. The molecule has 0 radical (unpaired) electrons. The standard InChI is InChI=1S/C21H24N2O5.3C2H6/c1-13(24)7-4-2-3-5-8-14-9-6-10-15-18(14)21(28)23(20(15)27)16-11-12-17(25)22-19(16)26;3*1-2/h6,9-10,16H,2-5,7-8,11-12H2,1H3,(H,22,25,26);3*1-2H3. The number of nitrogens with one attached hydrogen (secondary N) is 1. The van der Waals surface area contributed by atoms with Crippen LogP contribution in [0.1, 0.15) is 120 Å². The number of nitrogens with zero attached hydrogens (tertiary/aromatic N) is 1. The number of carbonyl (C=O) groups is 5. The van der Waals surface area contributed by atoms with Crippen LogP contribution in [-0.4, -0.2) is 40.4 Å². The summed E-state index contributed by atoms with van der Waals surface area (Å²) in [5.41, 5.74) is 1.50. The van der Waals surface area contributed by atoms with Gasteiger partial charge in [0.25, 0.3) is 11.8 Å². The van der Waals surface area contributed by atoms with Crippen LogP contribution in [0.15, 0.2) is 18.2 Å². The predicted molar refractivity (Wildman–Crippen MR) is 135 cm³/mol. The van der Waals surface area contributed by atoms with Gasteiger partial charge in [-0.3, -0.25) is 29.4 Å². The van der Waals surface area contributed by atoms with Crippen molar-refractivity contribution in [1.29, 1.82) is 0 Å². The molecule has 0 spiro atoms. The van der Waals surface area contributed by atoms with Crippen LogP contribution in [0.3, 0.4) is 0 Å². The molecular weight excluding hydrogens is 432 g/mol. The maximum atomic E-state index is 13.0. The molecule has 1 fully saturated rings. The molecule has 1 atom stereocenters. The first-order chi connectivity index (χ1) is 16.4. The maximum Gasteiger partial charge on any atom is 0.262 e. The molecule has 2 heterocycles. The van der Waals surface area contributed by atoms with E-state index in [9.17, 15) is 24.0 Å². The van der Waals surface area contributed by atoms with Gasteiger partial charge in [0.1, 0.15) is 11.8 Å². The molecule has 2 aliphatic rings. The summed E-state index contributed by atoms with van der Waals surface area (Å²) in [4.78, 5) is 61.2. The van der Waals surface area contributed by atoms with Crippen molar-refractivity contribution in [3.05, 3.63) is 34.9 Å². The number of carbonyl (C=O) groups excluding carboxylic acids is 5. The van der Waals surface area contributed by atoms with Gasteiger partial charge in [-0.1, -0.05) is 66.5 Å². The molecule has 0 saturated carbocycles. The summed E-state index contributed by atoms with van der Waals surface area (Å²) in [6, 6.07) is 4.26. The van der Waals surface area contributed by atoms with E-state index in [0.717, 1.165) is 36.1 Å². The normalized spacial score (nSPS) is 16.2. The maximum absolute atomic E-state index is 13.0. The molecule has 7 heteroatoms. The van der Waals surface area contributed by atoms with Gasteiger partial charge < -0.3 is 4.79 Å². The predicted octanol–water partition coefficient (Wildman–Crippen LogP) is 5.25. The summed E-state index contributed by atoms with van der Waals surface area (Å²) >= 11 is 0. The summed E-state index contributed by atoms with van der Waals surface area (Å²) in [7, 11) is 0. The lowest BCUT2D eigenvalue weighted by molar-refractivity contribution is -0.136. The van der Waals surface area contributed by atoms with Crippen LogP contribution >= 0.6 is 0 Å². The number of Topliss-reactive ketones (excluding diaryl/α,β-unsaturated/α-hetero) is 1. The lowest BCUT2D eigenvalue weighted by atomic mass is 9.97. The average Bonchev–Trinajstić information content (AvgIpc) is 3.10. The molecule has 1 saturated heterocycles. The van der Waals surface area contributed by atoms with E-state index in [-0.39, 0.29) is 24.5 Å². The van der Waals surface area contributed by atoms with Gasteiger partial charge in [-0.2, -0.15) is 0 Å². The molecular formula is C27H42N2O5. The quantitative estimate of drug-likeness (QED) is 0.410. The van der Waals surface area contributed by atoms with Crippen molar-refractivity contribution in [3.8, 4) is 0 Å². The molecule has 7 nitrogen and oxygen atoms in total. The highest BCUT2D eigenvalue weighted by atomic mass is 16.2. The van der Waals surface area contributed by atoms with E-state index in [4.69, 9.17) is 0 Å². The van der Waals surface area contributed by atoms with Gasteiger partial charge in [-0.05, 0) is 44.2 Å². The summed E-state index contributed by atoms with van der Waals surface area (Å²) < 4.78 is 0. The summed E-state index contributed by atoms with van der Waals surface area (Å²) in [6.07, 6.45) is 5.12. The Hall–Kier alpha value is -2.83. The third kappa shape index (κ3) is 8.19. The molecule has 34 heavy (non-hydrogen) atoms. The average molecular weight is 475 g/mol. The number of imide groups is 2. The van der Waals surface area contributed by atoms with E-state index in [1.54, 1.807) is 19.1 Å². The Labute approximate surface area is 204 Å². The van der Waals surface area contributed by atoms with Gasteiger partial charge in [0, 0.05) is 12.8 Å². The number of aryl methyl sites for hydroxylation is 1. The van der Waals surface area contributed by atoms with Crippen molar-refractivity contribution in [2.45, 2.75) is 106 Å². The number of hydrogen-bond donors (Lipinski definition) is 1. The second-order valence-electron chi connectivity index (χ2n) is 7.40. The Morgan fingerprint density at radius 1 is 0.912 bits per heavy atom. The van der Waals surface area contributed by atoms with E-state index in [1.165, 1.54) is 0 Å². The molecule has 190 valence electrons. The number of fused-ring (bicyclic) bond motifs is 1. The van der Waals surface area contributed by atoms with Crippen molar-refractivity contribution < 1.29 is 24.0 Å².